The number of benzene rings is 1. The lowest BCUT2D eigenvalue weighted by Crippen LogP contribution is -2.50. The predicted octanol–water partition coefficient (Wildman–Crippen LogP) is 4.51. The molecule has 1 N–H and O–H groups in total. The Labute approximate surface area is 117 Å². The number of alkyl halides is 5. The molecule has 0 aliphatic heterocycles. The third-order valence-corrected chi connectivity index (χ3v) is 2.83. The van der Waals surface area contributed by atoms with E-state index >= 15 is 0 Å². The lowest BCUT2D eigenvalue weighted by molar-refractivity contribution is -0.295. The van der Waals surface area contributed by atoms with Crippen LogP contribution in [0.15, 0.2) is 12.1 Å². The van der Waals surface area contributed by atoms with Gasteiger partial charge in [0, 0.05) is 17.7 Å². The van der Waals surface area contributed by atoms with E-state index in [0.29, 0.717) is 12.1 Å². The lowest BCUT2D eigenvalue weighted by Gasteiger charge is -2.31. The van der Waals surface area contributed by atoms with Crippen molar-refractivity contribution in [3.05, 3.63) is 34.9 Å². The maximum absolute atomic E-state index is 13.7. The van der Waals surface area contributed by atoms with E-state index in [9.17, 15) is 30.7 Å². The molecule has 120 valence electrons. The van der Waals surface area contributed by atoms with Gasteiger partial charge in [0.1, 0.15) is 17.7 Å². The summed E-state index contributed by atoms with van der Waals surface area (Å²) in [5.74, 6) is -7.68. The molecule has 0 aliphatic rings. The summed E-state index contributed by atoms with van der Waals surface area (Å²) in [5.41, 5.74) is -1.15. The molecule has 1 atom stereocenters. The molecule has 1 nitrogen and oxygen atoms in total. The quantitative estimate of drug-likeness (QED) is 0.806. The second-order valence-corrected chi connectivity index (χ2v) is 5.00. The first kappa shape index (κ1) is 17.7. The summed E-state index contributed by atoms with van der Waals surface area (Å²) >= 11 is 0. The zero-order chi connectivity index (χ0) is 16.6. The van der Waals surface area contributed by atoms with Crippen LogP contribution in [0.1, 0.15) is 31.0 Å². The van der Waals surface area contributed by atoms with Crippen LogP contribution in [0, 0.1) is 18.6 Å². The van der Waals surface area contributed by atoms with E-state index in [0.717, 1.165) is 6.92 Å². The second-order valence-electron chi connectivity index (χ2n) is 5.00. The van der Waals surface area contributed by atoms with Gasteiger partial charge in [-0.25, -0.2) is 8.78 Å². The van der Waals surface area contributed by atoms with E-state index in [1.54, 1.807) is 0 Å². The molecule has 0 bridgehead atoms. The van der Waals surface area contributed by atoms with E-state index in [-0.39, 0.29) is 5.56 Å². The Hall–Kier alpha value is -1.31. The summed E-state index contributed by atoms with van der Waals surface area (Å²) in [5, 5.41) is 2.00. The Bertz CT molecular complexity index is 508. The molecule has 1 aromatic carbocycles. The van der Waals surface area contributed by atoms with Crippen LogP contribution in [0.5, 0.6) is 0 Å². The maximum Gasteiger partial charge on any atom is 0.455 e. The highest BCUT2D eigenvalue weighted by Gasteiger charge is 2.63. The number of nitrogens with one attached hydrogen (secondary N) is 1. The van der Waals surface area contributed by atoms with E-state index in [1.165, 1.54) is 13.8 Å². The van der Waals surface area contributed by atoms with Crippen LogP contribution in [0.4, 0.5) is 30.7 Å². The maximum atomic E-state index is 13.7. The van der Waals surface area contributed by atoms with Crippen LogP contribution in [-0.2, 0) is 0 Å². The molecule has 1 unspecified atom stereocenters. The molecule has 0 spiro atoms. The normalized spacial score (nSPS) is 14.6. The standard InChI is InChI=1S/C13H14F7N/c1-6(2)21-11(12(16,17)13(18,19)20)8-4-7(3)9(14)5-10(8)15/h4-6,11,21H,1-3H3. The number of rotatable bonds is 4. The summed E-state index contributed by atoms with van der Waals surface area (Å²) in [6, 6.07) is -2.46. The molecule has 8 heteroatoms. The number of aryl methyl sites for hydroxylation is 1. The van der Waals surface area contributed by atoms with Crippen LogP contribution in [0.25, 0.3) is 0 Å². The summed E-state index contributed by atoms with van der Waals surface area (Å²) < 4.78 is 91.7. The fraction of sp³-hybridized carbons (Fsp3) is 0.538. The predicted molar refractivity (Wildman–Crippen MR) is 63.1 cm³/mol. The smallest absolute Gasteiger partial charge is 0.302 e. The van der Waals surface area contributed by atoms with Crippen molar-refractivity contribution in [2.24, 2.45) is 0 Å². The molecule has 1 rings (SSSR count). The fourth-order valence-electron chi connectivity index (χ4n) is 1.79. The molecule has 0 fully saturated rings. The highest BCUT2D eigenvalue weighted by atomic mass is 19.4. The van der Waals surface area contributed by atoms with Crippen molar-refractivity contribution in [3.63, 3.8) is 0 Å². The Morgan fingerprint density at radius 1 is 0.952 bits per heavy atom. The van der Waals surface area contributed by atoms with Gasteiger partial charge in [-0.1, -0.05) is 13.8 Å². The first-order valence-corrected chi connectivity index (χ1v) is 6.04. The van der Waals surface area contributed by atoms with Gasteiger partial charge in [0.05, 0.1) is 0 Å². The monoisotopic (exact) mass is 317 g/mol. The van der Waals surface area contributed by atoms with Crippen LogP contribution in [0.2, 0.25) is 0 Å². The van der Waals surface area contributed by atoms with Crippen LogP contribution >= 0.6 is 0 Å². The summed E-state index contributed by atoms with van der Waals surface area (Å²) in [6.45, 7) is 3.83. The van der Waals surface area contributed by atoms with Gasteiger partial charge in [0.2, 0.25) is 0 Å². The number of hydrogen-bond acceptors (Lipinski definition) is 1. The third-order valence-electron chi connectivity index (χ3n) is 2.83. The largest absolute Gasteiger partial charge is 0.455 e. The zero-order valence-corrected chi connectivity index (χ0v) is 11.5. The van der Waals surface area contributed by atoms with Crippen molar-refractivity contribution in [2.45, 2.75) is 45.0 Å². The minimum absolute atomic E-state index is 0.222. The Kier molecular flexibility index (Phi) is 4.92. The first-order valence-electron chi connectivity index (χ1n) is 6.04. The summed E-state index contributed by atoms with van der Waals surface area (Å²) in [6.07, 6.45) is -5.87. The van der Waals surface area contributed by atoms with Gasteiger partial charge in [0.25, 0.3) is 0 Å². The van der Waals surface area contributed by atoms with E-state index in [4.69, 9.17) is 0 Å². The van der Waals surface area contributed by atoms with Crippen LogP contribution < -0.4 is 5.32 Å². The molecule has 0 aromatic heterocycles. The van der Waals surface area contributed by atoms with E-state index in [1.807, 2.05) is 5.32 Å². The average molecular weight is 317 g/mol. The third kappa shape index (κ3) is 3.66. The van der Waals surface area contributed by atoms with Crippen LogP contribution in [-0.4, -0.2) is 18.1 Å². The molecular weight excluding hydrogens is 303 g/mol. The van der Waals surface area contributed by atoms with E-state index < -0.39 is 41.4 Å². The topological polar surface area (TPSA) is 12.0 Å². The van der Waals surface area contributed by atoms with Gasteiger partial charge in [-0.05, 0) is 18.6 Å². The summed E-state index contributed by atoms with van der Waals surface area (Å²) in [4.78, 5) is 0. The van der Waals surface area contributed by atoms with Crippen molar-refractivity contribution < 1.29 is 30.7 Å². The Morgan fingerprint density at radius 2 is 1.48 bits per heavy atom. The second kappa shape index (κ2) is 5.82. The fourth-order valence-corrected chi connectivity index (χ4v) is 1.79. The Morgan fingerprint density at radius 3 is 1.90 bits per heavy atom. The van der Waals surface area contributed by atoms with Crippen molar-refractivity contribution in [1.29, 1.82) is 0 Å². The average Bonchev–Trinajstić information content (AvgIpc) is 2.29. The number of hydrogen-bond donors (Lipinski definition) is 1. The minimum atomic E-state index is -5.87. The van der Waals surface area contributed by atoms with Gasteiger partial charge in [-0.2, -0.15) is 22.0 Å². The van der Waals surface area contributed by atoms with Gasteiger partial charge in [0.15, 0.2) is 0 Å². The van der Waals surface area contributed by atoms with E-state index in [2.05, 4.69) is 0 Å². The summed E-state index contributed by atoms with van der Waals surface area (Å²) in [7, 11) is 0. The minimum Gasteiger partial charge on any atom is -0.302 e. The van der Waals surface area contributed by atoms with Crippen molar-refractivity contribution in [2.75, 3.05) is 0 Å². The van der Waals surface area contributed by atoms with Crippen molar-refractivity contribution >= 4 is 0 Å². The SMILES string of the molecule is Cc1cc(C(NC(C)C)C(F)(F)C(F)(F)F)c(F)cc1F. The Balaban J connectivity index is 3.43. The number of halogens is 7. The zero-order valence-electron chi connectivity index (χ0n) is 11.5. The van der Waals surface area contributed by atoms with Gasteiger partial charge in [-0.3, -0.25) is 0 Å². The first-order chi connectivity index (χ1) is 9.37. The molecule has 0 radical (unpaired) electrons. The molecule has 0 aliphatic carbocycles. The van der Waals surface area contributed by atoms with Gasteiger partial charge in [-0.15, -0.1) is 0 Å². The highest BCUT2D eigenvalue weighted by Crippen LogP contribution is 2.45. The van der Waals surface area contributed by atoms with Gasteiger partial charge < -0.3 is 5.32 Å². The molecular formula is C13H14F7N. The molecule has 21 heavy (non-hydrogen) atoms. The molecule has 1 aromatic rings. The van der Waals surface area contributed by atoms with Crippen LogP contribution in [0.3, 0.4) is 0 Å². The molecule has 0 heterocycles. The lowest BCUT2D eigenvalue weighted by atomic mass is 9.96. The molecule has 0 saturated carbocycles. The molecule has 0 saturated heterocycles. The van der Waals surface area contributed by atoms with Crippen molar-refractivity contribution in [1.82, 2.24) is 5.32 Å². The molecule has 0 amide bonds. The van der Waals surface area contributed by atoms with Gasteiger partial charge >= 0.3 is 12.1 Å². The van der Waals surface area contributed by atoms with Crippen molar-refractivity contribution in [3.8, 4) is 0 Å². The highest BCUT2D eigenvalue weighted by molar-refractivity contribution is 5.30.